The molecule has 0 aromatic carbocycles. The standard InChI is InChI=1S/C7H10O3/c8-6-4-2-1-3-5-7(9)10/h1,3,6H,2,4-5H2,(H,9,10)/b3-1-. The highest BCUT2D eigenvalue weighted by Crippen LogP contribution is 1.89. The maximum atomic E-state index is 9.91. The molecule has 0 unspecified atom stereocenters. The summed E-state index contributed by atoms with van der Waals surface area (Å²) in [4.78, 5) is 19.7. The molecular weight excluding hydrogens is 132 g/mol. The van der Waals surface area contributed by atoms with E-state index in [2.05, 4.69) is 0 Å². The normalized spacial score (nSPS) is 10.0. The van der Waals surface area contributed by atoms with E-state index in [0.717, 1.165) is 6.29 Å². The van der Waals surface area contributed by atoms with Crippen molar-refractivity contribution in [1.29, 1.82) is 0 Å². The smallest absolute Gasteiger partial charge is 0.307 e. The molecule has 3 heteroatoms. The van der Waals surface area contributed by atoms with Crippen molar-refractivity contribution >= 4 is 12.3 Å². The van der Waals surface area contributed by atoms with Gasteiger partial charge in [0.05, 0.1) is 6.42 Å². The van der Waals surface area contributed by atoms with E-state index in [4.69, 9.17) is 5.11 Å². The number of carboxylic acid groups (broad SMARTS) is 1. The highest BCUT2D eigenvalue weighted by molar-refractivity contribution is 5.68. The number of aldehydes is 1. The highest BCUT2D eigenvalue weighted by Gasteiger charge is 1.87. The lowest BCUT2D eigenvalue weighted by Gasteiger charge is -1.82. The number of allylic oxidation sites excluding steroid dienone is 1. The van der Waals surface area contributed by atoms with Crippen LogP contribution in [0.5, 0.6) is 0 Å². The van der Waals surface area contributed by atoms with Crippen LogP contribution in [0.25, 0.3) is 0 Å². The lowest BCUT2D eigenvalue weighted by molar-refractivity contribution is -0.136. The van der Waals surface area contributed by atoms with Crippen molar-refractivity contribution in [2.45, 2.75) is 19.3 Å². The van der Waals surface area contributed by atoms with E-state index in [0.29, 0.717) is 12.8 Å². The van der Waals surface area contributed by atoms with Gasteiger partial charge in [-0.2, -0.15) is 0 Å². The van der Waals surface area contributed by atoms with Gasteiger partial charge in [-0.1, -0.05) is 12.2 Å². The van der Waals surface area contributed by atoms with Crippen LogP contribution >= 0.6 is 0 Å². The fraction of sp³-hybridized carbons (Fsp3) is 0.429. The zero-order valence-electron chi connectivity index (χ0n) is 5.62. The molecule has 0 aromatic heterocycles. The molecule has 56 valence electrons. The van der Waals surface area contributed by atoms with Crippen LogP contribution in [-0.4, -0.2) is 17.4 Å². The van der Waals surface area contributed by atoms with E-state index in [1.807, 2.05) is 0 Å². The number of carbonyl (C=O) groups is 2. The van der Waals surface area contributed by atoms with Gasteiger partial charge in [-0.25, -0.2) is 0 Å². The summed E-state index contributed by atoms with van der Waals surface area (Å²) >= 11 is 0. The van der Waals surface area contributed by atoms with Gasteiger partial charge in [0.2, 0.25) is 0 Å². The average molecular weight is 142 g/mol. The van der Waals surface area contributed by atoms with Crippen molar-refractivity contribution in [2.24, 2.45) is 0 Å². The summed E-state index contributed by atoms with van der Waals surface area (Å²) in [6.07, 6.45) is 5.20. The third kappa shape index (κ3) is 6.88. The molecule has 0 aliphatic heterocycles. The molecule has 0 fully saturated rings. The largest absolute Gasteiger partial charge is 0.481 e. The van der Waals surface area contributed by atoms with Gasteiger partial charge in [0.1, 0.15) is 6.29 Å². The molecule has 0 aliphatic rings. The first-order valence-electron chi connectivity index (χ1n) is 3.08. The number of hydrogen-bond acceptors (Lipinski definition) is 2. The molecule has 10 heavy (non-hydrogen) atoms. The van der Waals surface area contributed by atoms with Crippen molar-refractivity contribution in [1.82, 2.24) is 0 Å². The summed E-state index contributed by atoms with van der Waals surface area (Å²) < 4.78 is 0. The van der Waals surface area contributed by atoms with E-state index >= 15 is 0 Å². The lowest BCUT2D eigenvalue weighted by Crippen LogP contribution is -1.89. The Morgan fingerprint density at radius 1 is 1.30 bits per heavy atom. The number of carbonyl (C=O) groups excluding carboxylic acids is 1. The molecule has 3 nitrogen and oxygen atoms in total. The lowest BCUT2D eigenvalue weighted by atomic mass is 10.3. The van der Waals surface area contributed by atoms with Crippen molar-refractivity contribution < 1.29 is 14.7 Å². The van der Waals surface area contributed by atoms with E-state index in [1.165, 1.54) is 0 Å². The molecule has 0 saturated heterocycles. The van der Waals surface area contributed by atoms with Gasteiger partial charge in [-0.3, -0.25) is 4.79 Å². The average Bonchev–Trinajstić information content (AvgIpc) is 1.87. The van der Waals surface area contributed by atoms with Gasteiger partial charge in [0.15, 0.2) is 0 Å². The molecule has 0 aromatic rings. The van der Waals surface area contributed by atoms with Crippen molar-refractivity contribution in [3.63, 3.8) is 0 Å². The first-order chi connectivity index (χ1) is 4.77. The third-order valence-electron chi connectivity index (χ3n) is 0.910. The minimum absolute atomic E-state index is 0.0405. The second-order valence-electron chi connectivity index (χ2n) is 1.81. The van der Waals surface area contributed by atoms with Crippen molar-refractivity contribution in [2.75, 3.05) is 0 Å². The number of hydrogen-bond donors (Lipinski definition) is 1. The predicted octanol–water partition coefficient (Wildman–Crippen LogP) is 0.996. The van der Waals surface area contributed by atoms with Gasteiger partial charge in [-0.05, 0) is 6.42 Å². The van der Waals surface area contributed by atoms with E-state index < -0.39 is 5.97 Å². The van der Waals surface area contributed by atoms with Crippen LogP contribution in [0.1, 0.15) is 19.3 Å². The summed E-state index contributed by atoms with van der Waals surface area (Å²) in [5, 5.41) is 8.15. The van der Waals surface area contributed by atoms with Crippen LogP contribution in [0.3, 0.4) is 0 Å². The topological polar surface area (TPSA) is 54.4 Å². The molecule has 0 saturated carbocycles. The van der Waals surface area contributed by atoms with Gasteiger partial charge in [-0.15, -0.1) is 0 Å². The zero-order chi connectivity index (χ0) is 7.82. The Morgan fingerprint density at radius 2 is 2.00 bits per heavy atom. The van der Waals surface area contributed by atoms with Gasteiger partial charge in [0, 0.05) is 6.42 Å². The molecule has 0 atom stereocenters. The first-order valence-corrected chi connectivity index (χ1v) is 3.08. The van der Waals surface area contributed by atoms with Crippen LogP contribution in [-0.2, 0) is 9.59 Å². The molecule has 0 rings (SSSR count). The quantitative estimate of drug-likeness (QED) is 0.354. The SMILES string of the molecule is O=CCC/C=C\CC(=O)O. The molecule has 1 N–H and O–H groups in total. The Hall–Kier alpha value is -1.12. The number of rotatable bonds is 5. The molecular formula is C7H10O3. The van der Waals surface area contributed by atoms with Crippen LogP contribution in [0.2, 0.25) is 0 Å². The molecule has 0 heterocycles. The predicted molar refractivity (Wildman–Crippen MR) is 36.7 cm³/mol. The van der Waals surface area contributed by atoms with E-state index in [-0.39, 0.29) is 6.42 Å². The summed E-state index contributed by atoms with van der Waals surface area (Å²) in [5.41, 5.74) is 0. The molecule has 0 radical (unpaired) electrons. The summed E-state index contributed by atoms with van der Waals surface area (Å²) in [7, 11) is 0. The summed E-state index contributed by atoms with van der Waals surface area (Å²) in [6.45, 7) is 0. The minimum atomic E-state index is -0.845. The van der Waals surface area contributed by atoms with Crippen LogP contribution in [0, 0.1) is 0 Å². The zero-order valence-corrected chi connectivity index (χ0v) is 5.62. The molecule has 0 aliphatic carbocycles. The second kappa shape index (κ2) is 6.01. The van der Waals surface area contributed by atoms with Crippen molar-refractivity contribution in [3.8, 4) is 0 Å². The van der Waals surface area contributed by atoms with E-state index in [1.54, 1.807) is 12.2 Å². The fourth-order valence-corrected chi connectivity index (χ4v) is 0.466. The van der Waals surface area contributed by atoms with Gasteiger partial charge < -0.3 is 9.90 Å². The molecule has 0 spiro atoms. The summed E-state index contributed by atoms with van der Waals surface area (Å²) in [6, 6.07) is 0. The Bertz CT molecular complexity index is 138. The Morgan fingerprint density at radius 3 is 2.50 bits per heavy atom. The van der Waals surface area contributed by atoms with Gasteiger partial charge >= 0.3 is 5.97 Å². The third-order valence-corrected chi connectivity index (χ3v) is 0.910. The van der Waals surface area contributed by atoms with Crippen LogP contribution < -0.4 is 0 Å². The van der Waals surface area contributed by atoms with Crippen LogP contribution in [0.15, 0.2) is 12.2 Å². The highest BCUT2D eigenvalue weighted by atomic mass is 16.4. The minimum Gasteiger partial charge on any atom is -0.481 e. The molecule has 0 bridgehead atoms. The monoisotopic (exact) mass is 142 g/mol. The van der Waals surface area contributed by atoms with Crippen LogP contribution in [0.4, 0.5) is 0 Å². The van der Waals surface area contributed by atoms with E-state index in [9.17, 15) is 9.59 Å². The number of aliphatic carboxylic acids is 1. The number of unbranched alkanes of at least 4 members (excludes halogenated alkanes) is 1. The Balaban J connectivity index is 3.20. The Kier molecular flexibility index (Phi) is 5.33. The Labute approximate surface area is 59.4 Å². The van der Waals surface area contributed by atoms with Crippen molar-refractivity contribution in [3.05, 3.63) is 12.2 Å². The maximum Gasteiger partial charge on any atom is 0.307 e. The maximum absolute atomic E-state index is 9.91. The first kappa shape index (κ1) is 8.88. The fourth-order valence-electron chi connectivity index (χ4n) is 0.466. The second-order valence-corrected chi connectivity index (χ2v) is 1.81. The number of carboxylic acids is 1. The summed E-state index contributed by atoms with van der Waals surface area (Å²) in [5.74, 6) is -0.845. The molecule has 0 amide bonds. The van der Waals surface area contributed by atoms with Gasteiger partial charge in [0.25, 0.3) is 0 Å².